The maximum Gasteiger partial charge on any atom is 0.133 e. The summed E-state index contributed by atoms with van der Waals surface area (Å²) in [7, 11) is 0. The van der Waals surface area contributed by atoms with Crippen molar-refractivity contribution in [2.75, 3.05) is 0 Å². The van der Waals surface area contributed by atoms with E-state index in [-0.39, 0.29) is 0 Å². The molecule has 0 bridgehead atoms. The molecule has 0 N–H and O–H groups in total. The van der Waals surface area contributed by atoms with Crippen molar-refractivity contribution in [3.05, 3.63) is 28.6 Å². The summed E-state index contributed by atoms with van der Waals surface area (Å²) in [5, 5.41) is 4.10. The molecule has 12 heavy (non-hydrogen) atoms. The second kappa shape index (κ2) is 3.68. The third-order valence-electron chi connectivity index (χ3n) is 1.42. The second-order valence-electron chi connectivity index (χ2n) is 2.24. The van der Waals surface area contributed by atoms with Crippen molar-refractivity contribution >= 4 is 38.6 Å². The van der Waals surface area contributed by atoms with Crippen LogP contribution >= 0.6 is 38.6 Å². The van der Waals surface area contributed by atoms with Crippen molar-refractivity contribution in [3.8, 4) is 9.88 Å². The zero-order valence-electron chi connectivity index (χ0n) is 6.16. The molecule has 0 aliphatic heterocycles. The normalized spacial score (nSPS) is 10.4. The highest BCUT2D eigenvalue weighted by molar-refractivity contribution is 9.08. The number of halogens is 1. The number of hydrogen-bond donors (Lipinski definition) is 0. The maximum absolute atomic E-state index is 4.33. The van der Waals surface area contributed by atoms with Crippen LogP contribution in [0.4, 0.5) is 0 Å². The van der Waals surface area contributed by atoms with Crippen LogP contribution in [0.3, 0.4) is 0 Å². The number of rotatable bonds is 2. The maximum atomic E-state index is 4.33. The summed E-state index contributed by atoms with van der Waals surface area (Å²) in [6.07, 6.45) is 1.93. The monoisotopic (exact) mass is 259 g/mol. The van der Waals surface area contributed by atoms with Gasteiger partial charge in [0.1, 0.15) is 5.01 Å². The largest absolute Gasteiger partial charge is 0.243 e. The van der Waals surface area contributed by atoms with Gasteiger partial charge in [-0.05, 0) is 11.4 Å². The van der Waals surface area contributed by atoms with E-state index in [0.29, 0.717) is 0 Å². The molecule has 2 rings (SSSR count). The Labute approximate surface area is 87.2 Å². The van der Waals surface area contributed by atoms with Gasteiger partial charge < -0.3 is 0 Å². The number of hydrogen-bond acceptors (Lipinski definition) is 3. The van der Waals surface area contributed by atoms with Gasteiger partial charge in [0.05, 0.1) is 4.88 Å². The Morgan fingerprint density at radius 2 is 2.42 bits per heavy atom. The van der Waals surface area contributed by atoms with Gasteiger partial charge in [-0.2, -0.15) is 0 Å². The van der Waals surface area contributed by atoms with Crippen LogP contribution in [0.15, 0.2) is 23.7 Å². The van der Waals surface area contributed by atoms with Gasteiger partial charge in [0.2, 0.25) is 0 Å². The van der Waals surface area contributed by atoms with Gasteiger partial charge in [-0.15, -0.1) is 22.7 Å². The summed E-state index contributed by atoms with van der Waals surface area (Å²) in [5.74, 6) is 0. The number of nitrogens with zero attached hydrogens (tertiary/aromatic N) is 1. The quantitative estimate of drug-likeness (QED) is 0.749. The Morgan fingerprint density at radius 1 is 1.50 bits per heavy atom. The Morgan fingerprint density at radius 3 is 3.00 bits per heavy atom. The minimum absolute atomic E-state index is 0.899. The SMILES string of the molecule is BrCc1cnc(-c2cccs2)s1. The summed E-state index contributed by atoms with van der Waals surface area (Å²) in [6, 6.07) is 4.15. The number of alkyl halides is 1. The van der Waals surface area contributed by atoms with E-state index >= 15 is 0 Å². The van der Waals surface area contributed by atoms with E-state index in [1.165, 1.54) is 9.75 Å². The van der Waals surface area contributed by atoms with Gasteiger partial charge in [-0.3, -0.25) is 0 Å². The van der Waals surface area contributed by atoms with E-state index in [4.69, 9.17) is 0 Å². The van der Waals surface area contributed by atoms with Gasteiger partial charge in [-0.25, -0.2) is 4.98 Å². The van der Waals surface area contributed by atoms with E-state index < -0.39 is 0 Å². The number of aromatic nitrogens is 1. The molecule has 0 unspecified atom stereocenters. The lowest BCUT2D eigenvalue weighted by Crippen LogP contribution is -1.63. The van der Waals surface area contributed by atoms with Crippen LogP contribution < -0.4 is 0 Å². The zero-order chi connectivity index (χ0) is 8.39. The zero-order valence-corrected chi connectivity index (χ0v) is 9.38. The topological polar surface area (TPSA) is 12.9 Å². The molecule has 0 radical (unpaired) electrons. The average Bonchev–Trinajstić information content (AvgIpc) is 2.75. The van der Waals surface area contributed by atoms with Crippen LogP contribution in [0, 0.1) is 0 Å². The predicted octanol–water partition coefficient (Wildman–Crippen LogP) is 3.77. The molecule has 0 saturated heterocycles. The molecule has 4 heteroatoms. The molecule has 0 fully saturated rings. The summed E-state index contributed by atoms with van der Waals surface area (Å²) in [4.78, 5) is 6.86. The minimum atomic E-state index is 0.899. The first-order valence-corrected chi connectivity index (χ1v) is 6.26. The van der Waals surface area contributed by atoms with Crippen LogP contribution in [-0.2, 0) is 5.33 Å². The Balaban J connectivity index is 2.35. The van der Waals surface area contributed by atoms with Crippen LogP contribution in [0.2, 0.25) is 0 Å². The van der Waals surface area contributed by atoms with E-state index in [9.17, 15) is 0 Å². The summed E-state index contributed by atoms with van der Waals surface area (Å²) in [6.45, 7) is 0. The molecule has 0 spiro atoms. The first kappa shape index (κ1) is 8.41. The van der Waals surface area contributed by atoms with Gasteiger partial charge in [0.15, 0.2) is 0 Å². The third kappa shape index (κ3) is 1.60. The molecule has 0 saturated carbocycles. The van der Waals surface area contributed by atoms with E-state index in [0.717, 1.165) is 10.3 Å². The van der Waals surface area contributed by atoms with Crippen molar-refractivity contribution in [3.63, 3.8) is 0 Å². The lowest BCUT2D eigenvalue weighted by Gasteiger charge is -1.85. The smallest absolute Gasteiger partial charge is 0.133 e. The van der Waals surface area contributed by atoms with Crippen LogP contribution in [-0.4, -0.2) is 4.98 Å². The molecule has 62 valence electrons. The fraction of sp³-hybridized carbons (Fsp3) is 0.125. The summed E-state index contributed by atoms with van der Waals surface area (Å²) in [5.41, 5.74) is 0. The fourth-order valence-corrected chi connectivity index (χ4v) is 2.94. The first-order chi connectivity index (χ1) is 5.90. The molecular weight excluding hydrogens is 254 g/mol. The highest BCUT2D eigenvalue weighted by Crippen LogP contribution is 2.29. The predicted molar refractivity (Wildman–Crippen MR) is 58.1 cm³/mol. The summed E-state index contributed by atoms with van der Waals surface area (Å²) < 4.78 is 0. The molecular formula is C8H6BrNS2. The summed E-state index contributed by atoms with van der Waals surface area (Å²) >= 11 is 6.88. The second-order valence-corrected chi connectivity index (χ2v) is 4.87. The van der Waals surface area contributed by atoms with Crippen molar-refractivity contribution < 1.29 is 0 Å². The van der Waals surface area contributed by atoms with E-state index in [2.05, 4.69) is 38.4 Å². The van der Waals surface area contributed by atoms with Gasteiger partial charge in [0, 0.05) is 16.4 Å². The Hall–Kier alpha value is -0.190. The lowest BCUT2D eigenvalue weighted by molar-refractivity contribution is 1.38. The average molecular weight is 260 g/mol. The fourth-order valence-electron chi connectivity index (χ4n) is 0.883. The Bertz CT molecular complexity index is 353. The number of thiazole rings is 1. The van der Waals surface area contributed by atoms with Crippen LogP contribution in [0.5, 0.6) is 0 Å². The van der Waals surface area contributed by atoms with Gasteiger partial charge >= 0.3 is 0 Å². The van der Waals surface area contributed by atoms with E-state index in [1.807, 2.05) is 6.20 Å². The van der Waals surface area contributed by atoms with Gasteiger partial charge in [-0.1, -0.05) is 22.0 Å². The van der Waals surface area contributed by atoms with E-state index in [1.54, 1.807) is 22.7 Å². The van der Waals surface area contributed by atoms with Gasteiger partial charge in [0.25, 0.3) is 0 Å². The van der Waals surface area contributed by atoms with Crippen molar-refractivity contribution in [1.82, 2.24) is 4.98 Å². The highest BCUT2D eigenvalue weighted by atomic mass is 79.9. The Kier molecular flexibility index (Phi) is 2.58. The molecule has 0 aliphatic rings. The van der Waals surface area contributed by atoms with Crippen LogP contribution in [0.1, 0.15) is 4.88 Å². The molecule has 2 aromatic heterocycles. The molecule has 0 aromatic carbocycles. The standard InChI is InChI=1S/C8H6BrNS2/c9-4-6-5-10-8(12-6)7-2-1-3-11-7/h1-3,5H,4H2. The van der Waals surface area contributed by atoms with Crippen LogP contribution in [0.25, 0.3) is 9.88 Å². The molecule has 1 nitrogen and oxygen atoms in total. The first-order valence-electron chi connectivity index (χ1n) is 3.44. The third-order valence-corrected chi connectivity index (χ3v) is 4.43. The van der Waals surface area contributed by atoms with Crippen molar-refractivity contribution in [1.29, 1.82) is 0 Å². The minimum Gasteiger partial charge on any atom is -0.243 e. The number of thiophene rings is 1. The lowest BCUT2D eigenvalue weighted by atomic mass is 10.5. The molecule has 2 aromatic rings. The molecule has 0 amide bonds. The molecule has 0 atom stereocenters. The molecule has 0 aliphatic carbocycles. The van der Waals surface area contributed by atoms with Crippen molar-refractivity contribution in [2.24, 2.45) is 0 Å². The highest BCUT2D eigenvalue weighted by Gasteiger charge is 2.03. The molecule has 2 heterocycles. The van der Waals surface area contributed by atoms with Crippen molar-refractivity contribution in [2.45, 2.75) is 5.33 Å².